The summed E-state index contributed by atoms with van der Waals surface area (Å²) < 4.78 is 38.9. The quantitative estimate of drug-likeness (QED) is 0.857. The van der Waals surface area contributed by atoms with E-state index in [2.05, 4.69) is 15.2 Å². The number of nitrogens with one attached hydrogen (secondary N) is 1. The van der Waals surface area contributed by atoms with E-state index in [-0.39, 0.29) is 37.5 Å². The van der Waals surface area contributed by atoms with E-state index in [4.69, 9.17) is 5.11 Å². The highest BCUT2D eigenvalue weighted by Crippen LogP contribution is 2.52. The predicted octanol–water partition coefficient (Wildman–Crippen LogP) is 2.22. The van der Waals surface area contributed by atoms with Crippen molar-refractivity contribution < 1.29 is 27.9 Å². The van der Waals surface area contributed by atoms with Gasteiger partial charge in [-0.3, -0.25) is 4.79 Å². The third kappa shape index (κ3) is 2.87. The van der Waals surface area contributed by atoms with E-state index >= 15 is 0 Å². The summed E-state index contributed by atoms with van der Waals surface area (Å²) in [7, 11) is 0. The first-order valence-corrected chi connectivity index (χ1v) is 7.42. The Balaban J connectivity index is 1.52. The Hall–Kier alpha value is -2.39. The molecule has 0 aromatic carbocycles. The number of carbonyl (C=O) groups excluding carboxylic acids is 1. The molecular formula is C14H15F3N4O3. The van der Waals surface area contributed by atoms with E-state index in [0.717, 1.165) is 0 Å². The van der Waals surface area contributed by atoms with Crippen molar-refractivity contribution in [3.05, 3.63) is 23.5 Å². The second-order valence-corrected chi connectivity index (χ2v) is 5.98. The van der Waals surface area contributed by atoms with E-state index in [9.17, 15) is 22.8 Å². The molecular weight excluding hydrogens is 329 g/mol. The lowest BCUT2D eigenvalue weighted by Crippen LogP contribution is -2.42. The number of hydrogen-bond donors (Lipinski definition) is 2. The van der Waals surface area contributed by atoms with Crippen LogP contribution in [0, 0.1) is 5.92 Å². The van der Waals surface area contributed by atoms with Gasteiger partial charge in [0.25, 0.3) is 5.66 Å². The Bertz CT molecular complexity index is 692. The fourth-order valence-electron chi connectivity index (χ4n) is 2.99. The van der Waals surface area contributed by atoms with E-state index < -0.39 is 23.7 Å². The van der Waals surface area contributed by atoms with Crippen molar-refractivity contribution in [2.45, 2.75) is 31.1 Å². The van der Waals surface area contributed by atoms with E-state index in [1.54, 1.807) is 0 Å². The molecule has 0 aliphatic carbocycles. The summed E-state index contributed by atoms with van der Waals surface area (Å²) in [6, 6.07) is 1.43. The fraction of sp³-hybridized carbons (Fsp3) is 0.571. The number of alkyl halides is 3. The van der Waals surface area contributed by atoms with Crippen LogP contribution >= 0.6 is 0 Å². The average Bonchev–Trinajstić information content (AvgIpc) is 2.98. The van der Waals surface area contributed by atoms with Crippen LogP contribution in [0.4, 0.5) is 13.2 Å². The van der Waals surface area contributed by atoms with Crippen molar-refractivity contribution >= 4 is 11.9 Å². The zero-order chi connectivity index (χ0) is 17.5. The van der Waals surface area contributed by atoms with Gasteiger partial charge in [0.2, 0.25) is 5.91 Å². The lowest BCUT2D eigenvalue weighted by atomic mass is 9.95. The van der Waals surface area contributed by atoms with Gasteiger partial charge in [0.15, 0.2) is 0 Å². The zero-order valence-electron chi connectivity index (χ0n) is 12.5. The highest BCUT2D eigenvalue weighted by molar-refractivity contribution is 5.85. The molecule has 0 radical (unpaired) electrons. The van der Waals surface area contributed by atoms with Gasteiger partial charge in [0, 0.05) is 31.6 Å². The molecule has 3 heterocycles. The van der Waals surface area contributed by atoms with Crippen LogP contribution in [0.2, 0.25) is 0 Å². The number of nitrogens with zero attached hydrogens (tertiary/aromatic N) is 3. The number of aromatic nitrogens is 1. The lowest BCUT2D eigenvalue weighted by molar-refractivity contribution is -0.175. The summed E-state index contributed by atoms with van der Waals surface area (Å²) in [4.78, 5) is 26.9. The summed E-state index contributed by atoms with van der Waals surface area (Å²) in [6.07, 6.45) is -2.37. The number of rotatable bonds is 5. The fourth-order valence-corrected chi connectivity index (χ4v) is 2.99. The third-order valence-electron chi connectivity index (χ3n) is 4.44. The standard InChI is InChI=1S/C14H15F3N4O3/c15-14(16,17)13(19-20-13)9-3-4-21(7-9)11(22)2-1-8-5-10(12(23)24)18-6-8/h5-6,9,18H,1-4,7H2,(H,23,24). The van der Waals surface area contributed by atoms with Crippen LogP contribution in [-0.2, 0) is 11.2 Å². The van der Waals surface area contributed by atoms with Crippen LogP contribution < -0.4 is 0 Å². The van der Waals surface area contributed by atoms with Crippen molar-refractivity contribution in [3.63, 3.8) is 0 Å². The van der Waals surface area contributed by atoms with Gasteiger partial charge in [-0.15, -0.1) is 10.2 Å². The molecule has 0 spiro atoms. The van der Waals surface area contributed by atoms with Gasteiger partial charge in [0.05, 0.1) is 0 Å². The maximum absolute atomic E-state index is 13.0. The second-order valence-electron chi connectivity index (χ2n) is 5.98. The molecule has 2 aliphatic heterocycles. The van der Waals surface area contributed by atoms with E-state index in [0.29, 0.717) is 12.0 Å². The van der Waals surface area contributed by atoms with Crippen molar-refractivity contribution in [1.82, 2.24) is 9.88 Å². The molecule has 10 heteroatoms. The van der Waals surface area contributed by atoms with Gasteiger partial charge in [-0.05, 0) is 24.5 Å². The number of aromatic amines is 1. The molecule has 0 bridgehead atoms. The van der Waals surface area contributed by atoms with Gasteiger partial charge in [-0.1, -0.05) is 0 Å². The zero-order valence-corrected chi connectivity index (χ0v) is 12.5. The van der Waals surface area contributed by atoms with Crippen LogP contribution in [0.3, 0.4) is 0 Å². The third-order valence-corrected chi connectivity index (χ3v) is 4.44. The molecule has 1 amide bonds. The van der Waals surface area contributed by atoms with Crippen LogP contribution in [0.5, 0.6) is 0 Å². The van der Waals surface area contributed by atoms with Crippen LogP contribution in [0.15, 0.2) is 22.5 Å². The number of amides is 1. The average molecular weight is 344 g/mol. The summed E-state index contributed by atoms with van der Waals surface area (Å²) >= 11 is 0. The maximum Gasteiger partial charge on any atom is 0.438 e. The predicted molar refractivity (Wildman–Crippen MR) is 74.4 cm³/mol. The largest absolute Gasteiger partial charge is 0.477 e. The topological polar surface area (TPSA) is 98.1 Å². The molecule has 1 aromatic rings. The Morgan fingerprint density at radius 3 is 2.67 bits per heavy atom. The molecule has 3 rings (SSSR count). The molecule has 1 saturated heterocycles. The normalized spacial score (nSPS) is 22.0. The number of aromatic carboxylic acids is 1. The molecule has 1 unspecified atom stereocenters. The Morgan fingerprint density at radius 1 is 1.42 bits per heavy atom. The monoisotopic (exact) mass is 344 g/mol. The number of likely N-dealkylation sites (tertiary alicyclic amines) is 1. The molecule has 1 atom stereocenters. The SMILES string of the molecule is O=C(O)c1cc(CCC(=O)N2CCC(C3(C(F)(F)F)N=N3)C2)c[nH]1. The number of carbonyl (C=O) groups is 2. The summed E-state index contributed by atoms with van der Waals surface area (Å²) in [5.41, 5.74) is -1.63. The Labute approximate surface area is 134 Å². The first-order valence-electron chi connectivity index (χ1n) is 7.42. The van der Waals surface area contributed by atoms with Gasteiger partial charge in [-0.2, -0.15) is 13.2 Å². The van der Waals surface area contributed by atoms with Crippen LogP contribution in [0.25, 0.3) is 0 Å². The van der Waals surface area contributed by atoms with Crippen molar-refractivity contribution in [2.75, 3.05) is 13.1 Å². The number of aryl methyl sites for hydroxylation is 1. The van der Waals surface area contributed by atoms with Crippen LogP contribution in [-0.4, -0.2) is 51.8 Å². The second kappa shape index (κ2) is 5.60. The molecule has 1 aromatic heterocycles. The van der Waals surface area contributed by atoms with Gasteiger partial charge < -0.3 is 15.0 Å². The number of H-pyrrole nitrogens is 1. The smallest absolute Gasteiger partial charge is 0.438 e. The number of hydrogen-bond acceptors (Lipinski definition) is 4. The van der Waals surface area contributed by atoms with E-state index in [1.165, 1.54) is 17.2 Å². The molecule has 0 saturated carbocycles. The maximum atomic E-state index is 13.0. The summed E-state index contributed by atoms with van der Waals surface area (Å²) in [5, 5.41) is 15.2. The number of carboxylic acid groups (broad SMARTS) is 1. The van der Waals surface area contributed by atoms with Crippen LogP contribution in [0.1, 0.15) is 28.9 Å². The molecule has 24 heavy (non-hydrogen) atoms. The Morgan fingerprint density at radius 2 is 2.12 bits per heavy atom. The minimum atomic E-state index is -4.52. The molecule has 130 valence electrons. The number of halogens is 3. The van der Waals surface area contributed by atoms with E-state index in [1.807, 2.05) is 0 Å². The lowest BCUT2D eigenvalue weighted by Gasteiger charge is -2.21. The first kappa shape index (κ1) is 16.5. The highest BCUT2D eigenvalue weighted by atomic mass is 19.4. The molecule has 1 fully saturated rings. The van der Waals surface area contributed by atoms with Gasteiger partial charge in [0.1, 0.15) is 5.69 Å². The van der Waals surface area contributed by atoms with Crippen molar-refractivity contribution in [3.8, 4) is 0 Å². The van der Waals surface area contributed by atoms with Gasteiger partial charge >= 0.3 is 12.1 Å². The van der Waals surface area contributed by atoms with Crippen molar-refractivity contribution in [2.24, 2.45) is 16.1 Å². The van der Waals surface area contributed by atoms with Crippen molar-refractivity contribution in [1.29, 1.82) is 0 Å². The first-order chi connectivity index (χ1) is 11.2. The van der Waals surface area contributed by atoms with Gasteiger partial charge in [-0.25, -0.2) is 4.79 Å². The molecule has 2 aliphatic rings. The summed E-state index contributed by atoms with van der Waals surface area (Å²) in [5.74, 6) is -2.18. The summed E-state index contributed by atoms with van der Waals surface area (Å²) in [6.45, 7) is 0.235. The number of carboxylic acids is 1. The highest BCUT2D eigenvalue weighted by Gasteiger charge is 2.68. The molecule has 7 nitrogen and oxygen atoms in total. The minimum Gasteiger partial charge on any atom is -0.477 e. The molecule has 2 N–H and O–H groups in total. The minimum absolute atomic E-state index is 0.0150. The Kier molecular flexibility index (Phi) is 3.84.